The largest absolute Gasteiger partial charge is 0.480 e. The van der Waals surface area contributed by atoms with E-state index in [2.05, 4.69) is 15.6 Å². The van der Waals surface area contributed by atoms with Gasteiger partial charge in [0.05, 0.1) is 10.9 Å². The fourth-order valence-corrected chi connectivity index (χ4v) is 4.51. The molecular formula is C29H36N4O6. The predicted molar refractivity (Wildman–Crippen MR) is 148 cm³/mol. The summed E-state index contributed by atoms with van der Waals surface area (Å²) in [6.45, 7) is 7.29. The number of rotatable bonds is 12. The number of nitrogens with zero attached hydrogens (tertiary/aromatic N) is 1. The van der Waals surface area contributed by atoms with Crippen LogP contribution in [0.15, 0.2) is 64.2 Å². The van der Waals surface area contributed by atoms with Crippen LogP contribution in [0.4, 0.5) is 0 Å². The molecule has 4 N–H and O–H groups in total. The number of aromatic amines is 1. The standard InChI is InChI=1S/C29H36N4O6/c1-5-18(4)24(28(37)38)32-25(34)22(15-17(2)3)30-26(35)23(16-19-11-7-6-8-12-19)33-27(36)20-13-9-10-14-21(20)31-29(33)39/h6-14,17-18,22-24H,5,15-16H2,1-4H3,(H,30,35)(H,31,39)(H,32,34)(H,37,38). The smallest absolute Gasteiger partial charge is 0.329 e. The fourth-order valence-electron chi connectivity index (χ4n) is 4.51. The molecule has 39 heavy (non-hydrogen) atoms. The number of aromatic nitrogens is 2. The molecule has 4 atom stereocenters. The zero-order valence-corrected chi connectivity index (χ0v) is 22.6. The average Bonchev–Trinajstić information content (AvgIpc) is 2.90. The highest BCUT2D eigenvalue weighted by Gasteiger charge is 2.33. The minimum Gasteiger partial charge on any atom is -0.480 e. The summed E-state index contributed by atoms with van der Waals surface area (Å²) in [5.74, 6) is -2.85. The van der Waals surface area contributed by atoms with Crippen molar-refractivity contribution in [3.63, 3.8) is 0 Å². The normalized spacial score (nSPS) is 14.4. The van der Waals surface area contributed by atoms with Crippen molar-refractivity contribution < 1.29 is 19.5 Å². The SMILES string of the molecule is CCC(C)C(NC(=O)C(CC(C)C)NC(=O)C(Cc1ccccc1)n1c(=O)[nH]c2ccccc2c1=O)C(=O)O. The van der Waals surface area contributed by atoms with Crippen LogP contribution in [-0.2, 0) is 20.8 Å². The van der Waals surface area contributed by atoms with E-state index in [1.807, 2.05) is 26.8 Å². The first-order valence-electron chi connectivity index (χ1n) is 13.1. The Labute approximate surface area is 226 Å². The van der Waals surface area contributed by atoms with Crippen LogP contribution in [0.25, 0.3) is 10.9 Å². The summed E-state index contributed by atoms with van der Waals surface area (Å²) >= 11 is 0. The second-order valence-corrected chi connectivity index (χ2v) is 10.3. The first kappa shape index (κ1) is 29.3. The van der Waals surface area contributed by atoms with Crippen LogP contribution in [0.1, 0.15) is 52.1 Å². The van der Waals surface area contributed by atoms with Gasteiger partial charge in [0.1, 0.15) is 18.1 Å². The van der Waals surface area contributed by atoms with E-state index in [4.69, 9.17) is 0 Å². The van der Waals surface area contributed by atoms with Gasteiger partial charge in [-0.15, -0.1) is 0 Å². The van der Waals surface area contributed by atoms with Crippen LogP contribution >= 0.6 is 0 Å². The fraction of sp³-hybridized carbons (Fsp3) is 0.414. The Hall–Kier alpha value is -4.21. The van der Waals surface area contributed by atoms with Crippen molar-refractivity contribution in [1.82, 2.24) is 20.2 Å². The lowest BCUT2D eigenvalue weighted by Crippen LogP contribution is -2.55. The van der Waals surface area contributed by atoms with Crippen molar-refractivity contribution in [3.05, 3.63) is 81.0 Å². The van der Waals surface area contributed by atoms with Crippen LogP contribution in [0.3, 0.4) is 0 Å². The number of hydrogen-bond donors (Lipinski definition) is 4. The lowest BCUT2D eigenvalue weighted by molar-refractivity contribution is -0.143. The van der Waals surface area contributed by atoms with E-state index in [1.54, 1.807) is 55.5 Å². The maximum Gasteiger partial charge on any atom is 0.329 e. The van der Waals surface area contributed by atoms with Gasteiger partial charge in [-0.1, -0.05) is 76.6 Å². The van der Waals surface area contributed by atoms with Gasteiger partial charge in [-0.25, -0.2) is 14.2 Å². The Morgan fingerprint density at radius 2 is 1.56 bits per heavy atom. The number of carboxylic acid groups (broad SMARTS) is 1. The summed E-state index contributed by atoms with van der Waals surface area (Å²) in [7, 11) is 0. The Balaban J connectivity index is 2.02. The second kappa shape index (κ2) is 13.0. The number of fused-ring (bicyclic) bond motifs is 1. The number of aliphatic carboxylic acids is 1. The zero-order chi connectivity index (χ0) is 28.7. The topological polar surface area (TPSA) is 150 Å². The van der Waals surface area contributed by atoms with Gasteiger partial charge in [-0.05, 0) is 36.0 Å². The lowest BCUT2D eigenvalue weighted by Gasteiger charge is -2.27. The predicted octanol–water partition coefficient (Wildman–Crippen LogP) is 2.62. The van der Waals surface area contributed by atoms with E-state index in [9.17, 15) is 29.1 Å². The van der Waals surface area contributed by atoms with Gasteiger partial charge in [0.25, 0.3) is 5.56 Å². The Morgan fingerprint density at radius 3 is 2.18 bits per heavy atom. The molecule has 0 spiro atoms. The van der Waals surface area contributed by atoms with Gasteiger partial charge in [0.15, 0.2) is 0 Å². The molecule has 0 aliphatic heterocycles. The minimum absolute atomic E-state index is 0.0210. The number of carbonyl (C=O) groups is 3. The second-order valence-electron chi connectivity index (χ2n) is 10.3. The van der Waals surface area contributed by atoms with Crippen LogP contribution in [-0.4, -0.2) is 44.5 Å². The first-order chi connectivity index (χ1) is 18.5. The molecule has 0 fully saturated rings. The van der Waals surface area contributed by atoms with Crippen LogP contribution in [0, 0.1) is 11.8 Å². The van der Waals surface area contributed by atoms with Crippen LogP contribution < -0.4 is 21.9 Å². The van der Waals surface area contributed by atoms with Crippen molar-refractivity contribution in [3.8, 4) is 0 Å². The third kappa shape index (κ3) is 7.22. The van der Waals surface area contributed by atoms with Crippen molar-refractivity contribution in [1.29, 1.82) is 0 Å². The molecule has 1 heterocycles. The van der Waals surface area contributed by atoms with Gasteiger partial charge in [0, 0.05) is 6.42 Å². The minimum atomic E-state index is -1.26. The molecule has 2 aromatic carbocycles. The van der Waals surface area contributed by atoms with E-state index in [0.29, 0.717) is 17.5 Å². The molecule has 0 radical (unpaired) electrons. The molecule has 4 unspecified atom stereocenters. The maximum atomic E-state index is 13.8. The molecule has 10 nitrogen and oxygen atoms in total. The van der Waals surface area contributed by atoms with Crippen molar-refractivity contribution in [2.24, 2.45) is 11.8 Å². The van der Waals surface area contributed by atoms with Gasteiger partial charge >= 0.3 is 11.7 Å². The molecule has 3 rings (SSSR count). The molecule has 3 aromatic rings. The van der Waals surface area contributed by atoms with E-state index in [-0.39, 0.29) is 30.1 Å². The molecule has 0 bridgehead atoms. The van der Waals surface area contributed by atoms with Gasteiger partial charge in [0.2, 0.25) is 11.8 Å². The Morgan fingerprint density at radius 1 is 0.923 bits per heavy atom. The number of amides is 2. The van der Waals surface area contributed by atoms with Crippen molar-refractivity contribution >= 4 is 28.7 Å². The number of benzene rings is 2. The lowest BCUT2D eigenvalue weighted by atomic mass is 9.97. The van der Waals surface area contributed by atoms with Gasteiger partial charge < -0.3 is 20.7 Å². The van der Waals surface area contributed by atoms with Crippen molar-refractivity contribution in [2.45, 2.75) is 65.1 Å². The summed E-state index contributed by atoms with van der Waals surface area (Å²) in [6, 6.07) is 12.0. The molecule has 208 valence electrons. The maximum absolute atomic E-state index is 13.8. The molecular weight excluding hydrogens is 500 g/mol. The first-order valence-corrected chi connectivity index (χ1v) is 13.1. The van der Waals surface area contributed by atoms with E-state index in [0.717, 1.165) is 4.57 Å². The molecule has 2 amide bonds. The number of carboxylic acids is 1. The molecule has 10 heteroatoms. The average molecular weight is 537 g/mol. The highest BCUT2D eigenvalue weighted by molar-refractivity contribution is 5.91. The monoisotopic (exact) mass is 536 g/mol. The van der Waals surface area contributed by atoms with Crippen LogP contribution in [0.2, 0.25) is 0 Å². The van der Waals surface area contributed by atoms with Gasteiger partial charge in [-0.3, -0.25) is 14.4 Å². The summed E-state index contributed by atoms with van der Waals surface area (Å²) in [5, 5.41) is 15.2. The highest BCUT2D eigenvalue weighted by Crippen LogP contribution is 2.16. The third-order valence-corrected chi connectivity index (χ3v) is 6.84. The summed E-state index contributed by atoms with van der Waals surface area (Å²) in [4.78, 5) is 68.0. The molecule has 1 aromatic heterocycles. The van der Waals surface area contributed by atoms with E-state index < -0.39 is 47.2 Å². The van der Waals surface area contributed by atoms with Crippen LogP contribution in [0.5, 0.6) is 0 Å². The molecule has 0 saturated carbocycles. The summed E-state index contributed by atoms with van der Waals surface area (Å²) in [6.07, 6.45) is 0.783. The van der Waals surface area contributed by atoms with Crippen molar-refractivity contribution in [2.75, 3.05) is 0 Å². The molecule has 0 saturated heterocycles. The number of para-hydroxylation sites is 1. The molecule has 0 aliphatic carbocycles. The zero-order valence-electron chi connectivity index (χ0n) is 22.6. The third-order valence-electron chi connectivity index (χ3n) is 6.84. The summed E-state index contributed by atoms with van der Waals surface area (Å²) in [5.41, 5.74) is -0.311. The summed E-state index contributed by atoms with van der Waals surface area (Å²) < 4.78 is 0.883. The highest BCUT2D eigenvalue weighted by atomic mass is 16.4. The number of nitrogens with one attached hydrogen (secondary N) is 3. The van der Waals surface area contributed by atoms with E-state index in [1.165, 1.54) is 0 Å². The molecule has 0 aliphatic rings. The Bertz CT molecular complexity index is 1430. The number of hydrogen-bond acceptors (Lipinski definition) is 5. The quantitative estimate of drug-likeness (QED) is 0.279. The number of carbonyl (C=O) groups excluding carboxylic acids is 2. The number of H-pyrrole nitrogens is 1. The van der Waals surface area contributed by atoms with E-state index >= 15 is 0 Å². The van der Waals surface area contributed by atoms with Gasteiger partial charge in [-0.2, -0.15) is 0 Å². The Kier molecular flexibility index (Phi) is 9.81.